The van der Waals surface area contributed by atoms with Crippen molar-refractivity contribution < 1.29 is 22.8 Å². The molecule has 0 aliphatic rings. The molecule has 8 nitrogen and oxygen atoms in total. The number of anilines is 1. The van der Waals surface area contributed by atoms with Crippen molar-refractivity contribution in [3.63, 3.8) is 0 Å². The summed E-state index contributed by atoms with van der Waals surface area (Å²) < 4.78 is 32.0. The second-order valence-electron chi connectivity index (χ2n) is 5.10. The molecule has 0 spiro atoms. The minimum absolute atomic E-state index is 0.00877. The number of aryl methyl sites for hydroxylation is 2. The van der Waals surface area contributed by atoms with Crippen LogP contribution in [-0.2, 0) is 21.2 Å². The van der Waals surface area contributed by atoms with Gasteiger partial charge in [-0.05, 0) is 38.0 Å². The lowest BCUT2D eigenvalue weighted by atomic mass is 10.1. The first-order chi connectivity index (χ1) is 10.7. The maximum absolute atomic E-state index is 12.3. The first kappa shape index (κ1) is 17.0. The Labute approximate surface area is 133 Å². The molecule has 1 aromatic heterocycles. The van der Waals surface area contributed by atoms with Crippen molar-refractivity contribution in [3.8, 4) is 0 Å². The third-order valence-electron chi connectivity index (χ3n) is 3.22. The maximum atomic E-state index is 12.3. The molecule has 0 saturated carbocycles. The van der Waals surface area contributed by atoms with E-state index in [4.69, 9.17) is 15.4 Å². The number of carboxylic acid groups (broad SMARTS) is 1. The lowest BCUT2D eigenvalue weighted by Gasteiger charge is -2.10. The van der Waals surface area contributed by atoms with E-state index in [0.29, 0.717) is 11.3 Å². The van der Waals surface area contributed by atoms with E-state index in [1.807, 2.05) is 0 Å². The molecule has 0 radical (unpaired) electrons. The van der Waals surface area contributed by atoms with Gasteiger partial charge >= 0.3 is 5.97 Å². The van der Waals surface area contributed by atoms with Crippen LogP contribution in [0.15, 0.2) is 33.7 Å². The SMILES string of the molecule is Cc1noc(C)c1S(=O)(=O)Nc1ccc(C[C@H](N)C(=O)O)cc1. The molecule has 0 aliphatic carbocycles. The van der Waals surface area contributed by atoms with Gasteiger partial charge in [0, 0.05) is 5.69 Å². The van der Waals surface area contributed by atoms with E-state index in [-0.39, 0.29) is 22.8 Å². The highest BCUT2D eigenvalue weighted by Crippen LogP contribution is 2.22. The molecular weight excluding hydrogens is 322 g/mol. The number of nitrogens with zero attached hydrogens (tertiary/aromatic N) is 1. The molecule has 0 unspecified atom stereocenters. The summed E-state index contributed by atoms with van der Waals surface area (Å²) in [5.74, 6) is -0.882. The quantitative estimate of drug-likeness (QED) is 0.715. The molecule has 0 fully saturated rings. The van der Waals surface area contributed by atoms with Gasteiger partial charge in [0.25, 0.3) is 10.0 Å². The second kappa shape index (κ2) is 6.39. The molecular formula is C14H17N3O5S. The highest BCUT2D eigenvalue weighted by Gasteiger charge is 2.24. The number of carboxylic acids is 1. The number of aromatic nitrogens is 1. The predicted octanol–water partition coefficient (Wildman–Crippen LogP) is 1.05. The Balaban J connectivity index is 2.16. The fraction of sp³-hybridized carbons (Fsp3) is 0.286. The zero-order valence-corrected chi connectivity index (χ0v) is 13.4. The standard InChI is InChI=1S/C14H17N3O5S/c1-8-13(9(2)22-16-8)23(20,21)17-11-5-3-10(4-6-11)7-12(15)14(18)19/h3-6,12,17H,7,15H2,1-2H3,(H,18,19)/t12-/m0/s1. The number of benzene rings is 1. The number of aliphatic carboxylic acids is 1. The lowest BCUT2D eigenvalue weighted by molar-refractivity contribution is -0.138. The number of hydrogen-bond donors (Lipinski definition) is 3. The Morgan fingerprint density at radius 2 is 1.96 bits per heavy atom. The molecule has 23 heavy (non-hydrogen) atoms. The Morgan fingerprint density at radius 1 is 1.35 bits per heavy atom. The summed E-state index contributed by atoms with van der Waals surface area (Å²) >= 11 is 0. The van der Waals surface area contributed by atoms with Crippen LogP contribution in [0.1, 0.15) is 17.0 Å². The van der Waals surface area contributed by atoms with Gasteiger partial charge in [0.2, 0.25) is 0 Å². The molecule has 1 aromatic carbocycles. The first-order valence-corrected chi connectivity index (χ1v) is 8.22. The van der Waals surface area contributed by atoms with Gasteiger partial charge in [-0.1, -0.05) is 17.3 Å². The molecule has 0 amide bonds. The van der Waals surface area contributed by atoms with Crippen LogP contribution in [0.2, 0.25) is 0 Å². The summed E-state index contributed by atoms with van der Waals surface area (Å²) in [7, 11) is -3.81. The normalized spacial score (nSPS) is 12.8. The van der Waals surface area contributed by atoms with E-state index in [9.17, 15) is 13.2 Å². The Hall–Kier alpha value is -2.39. The van der Waals surface area contributed by atoms with Crippen LogP contribution in [0.5, 0.6) is 0 Å². The third kappa shape index (κ3) is 3.88. The highest BCUT2D eigenvalue weighted by atomic mass is 32.2. The molecule has 2 rings (SSSR count). The van der Waals surface area contributed by atoms with E-state index in [0.717, 1.165) is 0 Å². The van der Waals surface area contributed by atoms with Gasteiger partial charge in [0.05, 0.1) is 0 Å². The van der Waals surface area contributed by atoms with Crippen molar-refractivity contribution in [1.29, 1.82) is 0 Å². The van der Waals surface area contributed by atoms with Gasteiger partial charge in [-0.3, -0.25) is 9.52 Å². The molecule has 9 heteroatoms. The molecule has 0 bridgehead atoms. The van der Waals surface area contributed by atoms with Gasteiger partial charge in [0.15, 0.2) is 10.7 Å². The summed E-state index contributed by atoms with van der Waals surface area (Å²) in [6.07, 6.45) is 0.159. The molecule has 4 N–H and O–H groups in total. The highest BCUT2D eigenvalue weighted by molar-refractivity contribution is 7.92. The van der Waals surface area contributed by atoms with Crippen molar-refractivity contribution >= 4 is 21.7 Å². The summed E-state index contributed by atoms with van der Waals surface area (Å²) in [5, 5.41) is 12.4. The number of nitrogens with one attached hydrogen (secondary N) is 1. The van der Waals surface area contributed by atoms with Crippen molar-refractivity contribution in [2.45, 2.75) is 31.2 Å². The smallest absolute Gasteiger partial charge is 0.320 e. The minimum atomic E-state index is -3.81. The summed E-state index contributed by atoms with van der Waals surface area (Å²) in [6, 6.07) is 5.32. The Kier molecular flexibility index (Phi) is 4.71. The van der Waals surface area contributed by atoms with E-state index in [2.05, 4.69) is 9.88 Å². The topological polar surface area (TPSA) is 136 Å². The van der Waals surface area contributed by atoms with E-state index in [1.165, 1.54) is 6.92 Å². The van der Waals surface area contributed by atoms with Crippen molar-refractivity contribution in [2.75, 3.05) is 4.72 Å². The monoisotopic (exact) mass is 339 g/mol. The van der Waals surface area contributed by atoms with Crippen LogP contribution < -0.4 is 10.5 Å². The van der Waals surface area contributed by atoms with E-state index in [1.54, 1.807) is 31.2 Å². The van der Waals surface area contributed by atoms with Crippen LogP contribution >= 0.6 is 0 Å². The second-order valence-corrected chi connectivity index (χ2v) is 6.72. The van der Waals surface area contributed by atoms with Crippen LogP contribution in [-0.4, -0.2) is 30.7 Å². The molecule has 0 saturated heterocycles. The molecule has 124 valence electrons. The summed E-state index contributed by atoms with van der Waals surface area (Å²) in [4.78, 5) is 10.7. The van der Waals surface area contributed by atoms with Crippen LogP contribution in [0, 0.1) is 13.8 Å². The minimum Gasteiger partial charge on any atom is -0.480 e. The van der Waals surface area contributed by atoms with Gasteiger partial charge in [0.1, 0.15) is 11.7 Å². The average molecular weight is 339 g/mol. The van der Waals surface area contributed by atoms with Crippen LogP contribution in [0.25, 0.3) is 0 Å². The number of carbonyl (C=O) groups is 1. The first-order valence-electron chi connectivity index (χ1n) is 6.73. The average Bonchev–Trinajstić information content (AvgIpc) is 2.80. The van der Waals surface area contributed by atoms with Gasteiger partial charge < -0.3 is 15.4 Å². The fourth-order valence-electron chi connectivity index (χ4n) is 2.11. The molecule has 1 atom stereocenters. The zero-order chi connectivity index (χ0) is 17.2. The number of nitrogens with two attached hydrogens (primary N) is 1. The number of sulfonamides is 1. The number of rotatable bonds is 6. The fourth-order valence-corrected chi connectivity index (χ4v) is 3.50. The summed E-state index contributed by atoms with van der Waals surface area (Å²) in [5.41, 5.74) is 6.77. The Bertz CT molecular complexity index is 792. The largest absolute Gasteiger partial charge is 0.480 e. The van der Waals surface area contributed by atoms with Gasteiger partial charge in [-0.2, -0.15) is 0 Å². The summed E-state index contributed by atoms with van der Waals surface area (Å²) in [6.45, 7) is 3.06. The van der Waals surface area contributed by atoms with E-state index < -0.39 is 22.0 Å². The maximum Gasteiger partial charge on any atom is 0.320 e. The predicted molar refractivity (Wildman–Crippen MR) is 82.5 cm³/mol. The van der Waals surface area contributed by atoms with E-state index >= 15 is 0 Å². The van der Waals surface area contributed by atoms with Crippen LogP contribution in [0.3, 0.4) is 0 Å². The van der Waals surface area contributed by atoms with Crippen molar-refractivity contribution in [2.24, 2.45) is 5.73 Å². The van der Waals surface area contributed by atoms with Gasteiger partial charge in [-0.25, -0.2) is 8.42 Å². The Morgan fingerprint density at radius 3 is 2.43 bits per heavy atom. The van der Waals surface area contributed by atoms with Crippen LogP contribution in [0.4, 0.5) is 5.69 Å². The van der Waals surface area contributed by atoms with Crippen molar-refractivity contribution in [3.05, 3.63) is 41.3 Å². The zero-order valence-electron chi connectivity index (χ0n) is 12.6. The number of hydrogen-bond acceptors (Lipinski definition) is 6. The molecule has 0 aliphatic heterocycles. The third-order valence-corrected chi connectivity index (χ3v) is 4.84. The molecule has 1 heterocycles. The molecule has 2 aromatic rings. The van der Waals surface area contributed by atoms with Crippen molar-refractivity contribution in [1.82, 2.24) is 5.16 Å². The lowest BCUT2D eigenvalue weighted by Crippen LogP contribution is -2.32. The van der Waals surface area contributed by atoms with Gasteiger partial charge in [-0.15, -0.1) is 0 Å².